The Kier molecular flexibility index (Phi) is 8.59. The van der Waals surface area contributed by atoms with E-state index in [4.69, 9.17) is 9.47 Å². The molecule has 0 saturated heterocycles. The van der Waals surface area contributed by atoms with E-state index in [1.807, 2.05) is 6.92 Å². The predicted octanol–water partition coefficient (Wildman–Crippen LogP) is 1.77. The van der Waals surface area contributed by atoms with Crippen LogP contribution in [0.15, 0.2) is 53.4 Å². The van der Waals surface area contributed by atoms with Gasteiger partial charge in [-0.1, -0.05) is 6.07 Å². The van der Waals surface area contributed by atoms with Gasteiger partial charge < -0.3 is 20.1 Å². The summed E-state index contributed by atoms with van der Waals surface area (Å²) in [5.74, 6) is -0.0153. The van der Waals surface area contributed by atoms with Gasteiger partial charge in [0.25, 0.3) is 0 Å². The highest BCUT2D eigenvalue weighted by Gasteiger charge is 2.17. The highest BCUT2D eigenvalue weighted by Crippen LogP contribution is 2.25. The molecule has 0 unspecified atom stereocenters. The van der Waals surface area contributed by atoms with Gasteiger partial charge in [-0.25, -0.2) is 13.1 Å². The zero-order valence-corrected chi connectivity index (χ0v) is 18.3. The maximum atomic E-state index is 12.1. The van der Waals surface area contributed by atoms with E-state index in [-0.39, 0.29) is 17.2 Å². The zero-order valence-electron chi connectivity index (χ0n) is 17.5. The number of amides is 2. The second-order valence-corrected chi connectivity index (χ2v) is 8.03. The molecule has 0 spiro atoms. The summed E-state index contributed by atoms with van der Waals surface area (Å²) >= 11 is 0. The molecule has 9 nitrogen and oxygen atoms in total. The summed E-state index contributed by atoms with van der Waals surface area (Å²) in [7, 11) is -1.07. The van der Waals surface area contributed by atoms with Crippen molar-refractivity contribution in [2.75, 3.05) is 32.6 Å². The van der Waals surface area contributed by atoms with Crippen LogP contribution in [0.1, 0.15) is 12.5 Å². The lowest BCUT2D eigenvalue weighted by molar-refractivity contribution is -0.121. The van der Waals surface area contributed by atoms with Crippen LogP contribution in [0, 0.1) is 0 Å². The molecule has 0 aliphatic carbocycles. The number of carbonyl (C=O) groups is 2. The maximum absolute atomic E-state index is 12.1. The van der Waals surface area contributed by atoms with Crippen LogP contribution in [0.4, 0.5) is 5.69 Å². The first-order valence-corrected chi connectivity index (χ1v) is 10.9. The monoisotopic (exact) mass is 447 g/mol. The van der Waals surface area contributed by atoms with Gasteiger partial charge in [0.1, 0.15) is 16.4 Å². The number of hydrogen-bond acceptors (Lipinski definition) is 6. The largest absolute Gasteiger partial charge is 0.495 e. The molecule has 2 aromatic rings. The molecule has 31 heavy (non-hydrogen) atoms. The summed E-state index contributed by atoms with van der Waals surface area (Å²) in [6, 6.07) is 11.3. The standard InChI is InChI=1S/C21H25N3O6S/c1-4-30-17-9-7-16(8-10-17)24-21(26)14-23-20(25)12-6-15-5-11-18(29-3)19(13-15)31(27,28)22-2/h5-13,22H,4,14H2,1-3H3,(H,23,25)(H,24,26)/b12-6+. The van der Waals surface area contributed by atoms with Crippen LogP contribution in [0.25, 0.3) is 6.08 Å². The first-order chi connectivity index (χ1) is 14.8. The lowest BCUT2D eigenvalue weighted by Gasteiger charge is -2.09. The lowest BCUT2D eigenvalue weighted by atomic mass is 10.2. The van der Waals surface area contributed by atoms with Crippen molar-refractivity contribution in [3.63, 3.8) is 0 Å². The van der Waals surface area contributed by atoms with Crippen molar-refractivity contribution in [3.8, 4) is 11.5 Å². The number of rotatable bonds is 10. The van der Waals surface area contributed by atoms with Crippen molar-refractivity contribution in [3.05, 3.63) is 54.1 Å². The third kappa shape index (κ3) is 7.12. The van der Waals surface area contributed by atoms with Gasteiger partial charge in [0.2, 0.25) is 21.8 Å². The van der Waals surface area contributed by atoms with Gasteiger partial charge in [0.15, 0.2) is 0 Å². The summed E-state index contributed by atoms with van der Waals surface area (Å²) < 4.78 is 36.8. The molecule has 0 atom stereocenters. The number of sulfonamides is 1. The van der Waals surface area contributed by atoms with Gasteiger partial charge in [-0.05, 0) is 62.0 Å². The fraction of sp³-hybridized carbons (Fsp3) is 0.238. The van der Waals surface area contributed by atoms with E-state index in [0.29, 0.717) is 23.6 Å². The van der Waals surface area contributed by atoms with Gasteiger partial charge in [-0.2, -0.15) is 0 Å². The van der Waals surface area contributed by atoms with E-state index in [2.05, 4.69) is 15.4 Å². The Morgan fingerprint density at radius 2 is 1.81 bits per heavy atom. The topological polar surface area (TPSA) is 123 Å². The van der Waals surface area contributed by atoms with Crippen molar-refractivity contribution in [2.24, 2.45) is 0 Å². The SMILES string of the molecule is CCOc1ccc(NC(=O)CNC(=O)/C=C/c2ccc(OC)c(S(=O)(=O)NC)c2)cc1. The fourth-order valence-corrected chi connectivity index (χ4v) is 3.45. The van der Waals surface area contributed by atoms with Gasteiger partial charge >= 0.3 is 0 Å². The Bertz CT molecular complexity index is 1050. The first-order valence-electron chi connectivity index (χ1n) is 9.39. The minimum Gasteiger partial charge on any atom is -0.495 e. The van der Waals surface area contributed by atoms with Crippen molar-refractivity contribution in [1.82, 2.24) is 10.0 Å². The molecule has 0 aliphatic heterocycles. The number of methoxy groups -OCH3 is 1. The van der Waals surface area contributed by atoms with E-state index < -0.39 is 21.8 Å². The summed E-state index contributed by atoms with van der Waals surface area (Å²) in [5.41, 5.74) is 1.05. The molecule has 0 radical (unpaired) electrons. The summed E-state index contributed by atoms with van der Waals surface area (Å²) in [6.07, 6.45) is 2.65. The molecule has 10 heteroatoms. The van der Waals surface area contributed by atoms with E-state index >= 15 is 0 Å². The predicted molar refractivity (Wildman–Crippen MR) is 118 cm³/mol. The molecule has 3 N–H and O–H groups in total. The second kappa shape index (κ2) is 11.1. The third-order valence-corrected chi connectivity index (χ3v) is 5.48. The minimum atomic E-state index is -3.73. The van der Waals surface area contributed by atoms with Gasteiger partial charge in [0, 0.05) is 11.8 Å². The Hall–Kier alpha value is -3.37. The molecule has 0 aromatic heterocycles. The van der Waals surface area contributed by atoms with E-state index in [1.54, 1.807) is 30.3 Å². The first kappa shape index (κ1) is 23.9. The Balaban J connectivity index is 1.93. The summed E-state index contributed by atoms with van der Waals surface area (Å²) in [5, 5.41) is 5.13. The number of hydrogen-bond donors (Lipinski definition) is 3. The summed E-state index contributed by atoms with van der Waals surface area (Å²) in [4.78, 5) is 23.9. The van der Waals surface area contributed by atoms with E-state index in [0.717, 1.165) is 0 Å². The van der Waals surface area contributed by atoms with Crippen LogP contribution in [0.3, 0.4) is 0 Å². The smallest absolute Gasteiger partial charge is 0.244 e. The quantitative estimate of drug-likeness (QED) is 0.477. The molecular weight excluding hydrogens is 422 g/mol. The summed E-state index contributed by atoms with van der Waals surface area (Å²) in [6.45, 7) is 2.21. The number of anilines is 1. The molecule has 0 aliphatic rings. The average molecular weight is 448 g/mol. The maximum Gasteiger partial charge on any atom is 0.244 e. The molecule has 166 valence electrons. The fourth-order valence-electron chi connectivity index (χ4n) is 2.52. The molecule has 0 bridgehead atoms. The Morgan fingerprint density at radius 1 is 1.10 bits per heavy atom. The van der Waals surface area contributed by atoms with Gasteiger partial charge in [0.05, 0.1) is 20.3 Å². The van der Waals surface area contributed by atoms with Crippen molar-refractivity contribution in [2.45, 2.75) is 11.8 Å². The molecule has 0 saturated carbocycles. The van der Waals surface area contributed by atoms with Crippen LogP contribution >= 0.6 is 0 Å². The number of benzene rings is 2. The lowest BCUT2D eigenvalue weighted by Crippen LogP contribution is -2.31. The van der Waals surface area contributed by atoms with Gasteiger partial charge in [-0.3, -0.25) is 9.59 Å². The molecule has 0 fully saturated rings. The Morgan fingerprint density at radius 3 is 2.42 bits per heavy atom. The van der Waals surface area contributed by atoms with Crippen LogP contribution < -0.4 is 24.8 Å². The molecule has 2 rings (SSSR count). The second-order valence-electron chi connectivity index (χ2n) is 6.17. The third-order valence-electron chi connectivity index (χ3n) is 4.05. The normalized spacial score (nSPS) is 11.2. The highest BCUT2D eigenvalue weighted by molar-refractivity contribution is 7.89. The number of nitrogens with one attached hydrogen (secondary N) is 3. The zero-order chi connectivity index (χ0) is 22.9. The molecular formula is C21H25N3O6S. The van der Waals surface area contributed by atoms with E-state index in [9.17, 15) is 18.0 Å². The van der Waals surface area contributed by atoms with Gasteiger partial charge in [-0.15, -0.1) is 0 Å². The van der Waals surface area contributed by atoms with E-state index in [1.165, 1.54) is 38.4 Å². The molecule has 2 aromatic carbocycles. The number of ether oxygens (including phenoxy) is 2. The number of carbonyl (C=O) groups excluding carboxylic acids is 2. The highest BCUT2D eigenvalue weighted by atomic mass is 32.2. The van der Waals surface area contributed by atoms with Crippen LogP contribution in [0.2, 0.25) is 0 Å². The van der Waals surface area contributed by atoms with Crippen LogP contribution in [-0.2, 0) is 19.6 Å². The average Bonchev–Trinajstić information content (AvgIpc) is 2.77. The van der Waals surface area contributed by atoms with Crippen molar-refractivity contribution >= 4 is 33.6 Å². The van der Waals surface area contributed by atoms with Crippen LogP contribution in [-0.4, -0.2) is 47.5 Å². The van der Waals surface area contributed by atoms with Crippen molar-refractivity contribution in [1.29, 1.82) is 0 Å². The van der Waals surface area contributed by atoms with Crippen molar-refractivity contribution < 1.29 is 27.5 Å². The molecule has 0 heterocycles. The Labute approximate surface area is 181 Å². The van der Waals surface area contributed by atoms with Crippen LogP contribution in [0.5, 0.6) is 11.5 Å². The molecule has 2 amide bonds. The minimum absolute atomic E-state index is 0.0465.